The Morgan fingerprint density at radius 2 is 2.40 bits per heavy atom. The first kappa shape index (κ1) is 14.0. The molecule has 3 unspecified atom stereocenters. The van der Waals surface area contributed by atoms with Gasteiger partial charge in [-0.15, -0.1) is 0 Å². The molecule has 2 aliphatic heterocycles. The minimum atomic E-state index is -0.0310. The van der Waals surface area contributed by atoms with E-state index in [1.54, 1.807) is 0 Å². The highest BCUT2D eigenvalue weighted by Crippen LogP contribution is 2.28. The lowest BCUT2D eigenvalue weighted by atomic mass is 10.1. The monoisotopic (exact) mass is 280 g/mol. The van der Waals surface area contributed by atoms with Crippen LogP contribution in [0.3, 0.4) is 0 Å². The van der Waals surface area contributed by atoms with E-state index in [-0.39, 0.29) is 6.10 Å². The lowest BCUT2D eigenvalue weighted by Gasteiger charge is -2.33. The Hall–Kier alpha value is -0.980. The van der Waals surface area contributed by atoms with Gasteiger partial charge in [0.25, 0.3) is 0 Å². The molecule has 3 atom stereocenters. The first-order valence-electron chi connectivity index (χ1n) is 7.65. The minimum Gasteiger partial charge on any atom is -0.367 e. The summed E-state index contributed by atoms with van der Waals surface area (Å²) in [4.78, 5) is 7.01. The fourth-order valence-electron chi connectivity index (χ4n) is 3.12. The smallest absolute Gasteiger partial charge is 0.228 e. The van der Waals surface area contributed by atoms with E-state index >= 15 is 0 Å². The van der Waals surface area contributed by atoms with E-state index in [2.05, 4.69) is 27.3 Å². The Labute approximate surface area is 119 Å². The van der Waals surface area contributed by atoms with Crippen molar-refractivity contribution in [2.45, 2.75) is 50.8 Å². The number of aromatic nitrogens is 2. The van der Waals surface area contributed by atoms with Crippen LogP contribution in [-0.2, 0) is 11.2 Å². The SMILES string of the molecule is CCC(Cc1nc(C2CN3CCCC3CO2)no1)NC. The molecule has 3 heterocycles. The van der Waals surface area contributed by atoms with Crippen LogP contribution in [0.2, 0.25) is 0 Å². The molecule has 112 valence electrons. The van der Waals surface area contributed by atoms with Crippen molar-refractivity contribution in [3.05, 3.63) is 11.7 Å². The molecule has 2 aliphatic rings. The quantitative estimate of drug-likeness (QED) is 0.873. The van der Waals surface area contributed by atoms with Gasteiger partial charge in [0.2, 0.25) is 11.7 Å². The summed E-state index contributed by atoms with van der Waals surface area (Å²) in [5.41, 5.74) is 0. The Morgan fingerprint density at radius 1 is 1.50 bits per heavy atom. The fraction of sp³-hybridized carbons (Fsp3) is 0.857. The van der Waals surface area contributed by atoms with Crippen LogP contribution < -0.4 is 5.32 Å². The van der Waals surface area contributed by atoms with Gasteiger partial charge in [-0.2, -0.15) is 4.98 Å². The van der Waals surface area contributed by atoms with Crippen molar-refractivity contribution in [2.24, 2.45) is 0 Å². The van der Waals surface area contributed by atoms with Gasteiger partial charge >= 0.3 is 0 Å². The van der Waals surface area contributed by atoms with E-state index in [1.807, 2.05) is 7.05 Å². The van der Waals surface area contributed by atoms with Gasteiger partial charge in [0.15, 0.2) is 0 Å². The van der Waals surface area contributed by atoms with Gasteiger partial charge in [0.05, 0.1) is 6.61 Å². The highest BCUT2D eigenvalue weighted by atomic mass is 16.5. The predicted octanol–water partition coefficient (Wildman–Crippen LogP) is 1.15. The second-order valence-electron chi connectivity index (χ2n) is 5.76. The van der Waals surface area contributed by atoms with Gasteiger partial charge in [-0.1, -0.05) is 12.1 Å². The van der Waals surface area contributed by atoms with Gasteiger partial charge in [-0.3, -0.25) is 4.90 Å². The Kier molecular flexibility index (Phi) is 4.33. The molecule has 0 radical (unpaired) electrons. The molecular weight excluding hydrogens is 256 g/mol. The average Bonchev–Trinajstić information content (AvgIpc) is 3.12. The van der Waals surface area contributed by atoms with Crippen molar-refractivity contribution in [1.29, 1.82) is 0 Å². The van der Waals surface area contributed by atoms with Crippen molar-refractivity contribution >= 4 is 0 Å². The molecule has 1 N–H and O–H groups in total. The molecule has 1 aromatic rings. The molecule has 0 saturated carbocycles. The Balaban J connectivity index is 1.61. The number of nitrogens with one attached hydrogen (secondary N) is 1. The molecule has 3 rings (SSSR count). The number of hydrogen-bond acceptors (Lipinski definition) is 6. The first-order chi connectivity index (χ1) is 9.80. The number of rotatable bonds is 5. The fourth-order valence-corrected chi connectivity index (χ4v) is 3.12. The van der Waals surface area contributed by atoms with Crippen LogP contribution in [0, 0.1) is 0 Å². The summed E-state index contributed by atoms with van der Waals surface area (Å²) in [6.07, 6.45) is 4.32. The Bertz CT molecular complexity index is 433. The van der Waals surface area contributed by atoms with Crippen LogP contribution in [0.4, 0.5) is 0 Å². The van der Waals surface area contributed by atoms with E-state index in [1.165, 1.54) is 19.4 Å². The standard InChI is InChI=1S/C14H24N4O2/c1-3-10(15-2)7-13-16-14(17-20-13)12-8-18-6-4-5-11(18)9-19-12/h10-12,15H,3-9H2,1-2H3. The maximum absolute atomic E-state index is 5.91. The summed E-state index contributed by atoms with van der Waals surface area (Å²) in [6.45, 7) is 5.01. The van der Waals surface area contributed by atoms with E-state index < -0.39 is 0 Å². The molecule has 0 spiro atoms. The third kappa shape index (κ3) is 2.87. The topological polar surface area (TPSA) is 63.4 Å². The Morgan fingerprint density at radius 3 is 3.20 bits per heavy atom. The summed E-state index contributed by atoms with van der Waals surface area (Å²) in [7, 11) is 1.96. The van der Waals surface area contributed by atoms with E-state index in [9.17, 15) is 0 Å². The highest BCUT2D eigenvalue weighted by molar-refractivity contribution is 4.97. The van der Waals surface area contributed by atoms with Crippen LogP contribution in [0.15, 0.2) is 4.52 Å². The van der Waals surface area contributed by atoms with Crippen LogP contribution in [-0.4, -0.2) is 53.9 Å². The van der Waals surface area contributed by atoms with Crippen LogP contribution in [0.25, 0.3) is 0 Å². The number of likely N-dealkylation sites (N-methyl/N-ethyl adjacent to an activating group) is 1. The number of hydrogen-bond donors (Lipinski definition) is 1. The van der Waals surface area contributed by atoms with Crippen molar-refractivity contribution in [3.63, 3.8) is 0 Å². The summed E-state index contributed by atoms with van der Waals surface area (Å²) in [5, 5.41) is 7.36. The molecule has 0 aliphatic carbocycles. The summed E-state index contributed by atoms with van der Waals surface area (Å²) in [5.74, 6) is 1.41. The molecular formula is C14H24N4O2. The normalized spacial score (nSPS) is 28.5. The van der Waals surface area contributed by atoms with Crippen molar-refractivity contribution in [1.82, 2.24) is 20.4 Å². The van der Waals surface area contributed by atoms with Gasteiger partial charge in [-0.05, 0) is 32.9 Å². The summed E-state index contributed by atoms with van der Waals surface area (Å²) in [6, 6.07) is 0.991. The third-order valence-electron chi connectivity index (χ3n) is 4.48. The second kappa shape index (κ2) is 6.20. The van der Waals surface area contributed by atoms with E-state index in [0.29, 0.717) is 23.8 Å². The molecule has 0 bridgehead atoms. The van der Waals surface area contributed by atoms with E-state index in [0.717, 1.165) is 26.0 Å². The zero-order valence-electron chi connectivity index (χ0n) is 12.3. The lowest BCUT2D eigenvalue weighted by molar-refractivity contribution is -0.0548. The summed E-state index contributed by atoms with van der Waals surface area (Å²) < 4.78 is 11.3. The molecule has 6 heteroatoms. The van der Waals surface area contributed by atoms with Crippen molar-refractivity contribution < 1.29 is 9.26 Å². The van der Waals surface area contributed by atoms with Crippen LogP contribution in [0.5, 0.6) is 0 Å². The van der Waals surface area contributed by atoms with Crippen LogP contribution >= 0.6 is 0 Å². The van der Waals surface area contributed by atoms with E-state index in [4.69, 9.17) is 9.26 Å². The predicted molar refractivity (Wildman–Crippen MR) is 74.4 cm³/mol. The van der Waals surface area contributed by atoms with Gasteiger partial charge in [0, 0.05) is 25.0 Å². The lowest BCUT2D eigenvalue weighted by Crippen LogP contribution is -2.42. The number of ether oxygens (including phenoxy) is 1. The second-order valence-corrected chi connectivity index (χ2v) is 5.76. The molecule has 1 aromatic heterocycles. The van der Waals surface area contributed by atoms with Crippen molar-refractivity contribution in [3.8, 4) is 0 Å². The zero-order chi connectivity index (χ0) is 13.9. The number of fused-ring (bicyclic) bond motifs is 1. The molecule has 0 amide bonds. The number of nitrogens with zero attached hydrogens (tertiary/aromatic N) is 3. The average molecular weight is 280 g/mol. The minimum absolute atomic E-state index is 0.0310. The van der Waals surface area contributed by atoms with Crippen molar-refractivity contribution in [2.75, 3.05) is 26.7 Å². The highest BCUT2D eigenvalue weighted by Gasteiger charge is 2.34. The molecule has 0 aromatic carbocycles. The molecule has 20 heavy (non-hydrogen) atoms. The zero-order valence-corrected chi connectivity index (χ0v) is 12.3. The third-order valence-corrected chi connectivity index (χ3v) is 4.48. The van der Waals surface area contributed by atoms with Crippen LogP contribution in [0.1, 0.15) is 44.0 Å². The number of morpholine rings is 1. The largest absolute Gasteiger partial charge is 0.367 e. The molecule has 2 fully saturated rings. The maximum Gasteiger partial charge on any atom is 0.228 e. The molecule has 6 nitrogen and oxygen atoms in total. The summed E-state index contributed by atoms with van der Waals surface area (Å²) >= 11 is 0. The maximum atomic E-state index is 5.91. The van der Waals surface area contributed by atoms with Gasteiger partial charge in [0.1, 0.15) is 6.10 Å². The first-order valence-corrected chi connectivity index (χ1v) is 7.65. The molecule has 2 saturated heterocycles. The van der Waals surface area contributed by atoms with Gasteiger partial charge < -0.3 is 14.6 Å². The van der Waals surface area contributed by atoms with Gasteiger partial charge in [-0.25, -0.2) is 0 Å².